The topological polar surface area (TPSA) is 51.4 Å². The van der Waals surface area contributed by atoms with Crippen molar-refractivity contribution in [2.45, 2.75) is 76.3 Å². The molecule has 1 aromatic heterocycles. The Kier molecular flexibility index (Phi) is 9.36. The number of unbranched alkanes of at least 4 members (excludes halogenated alkanes) is 5. The second-order valence-corrected chi connectivity index (χ2v) is 12.5. The maximum Gasteiger partial charge on any atom is 0.248 e. The average Bonchev–Trinajstić information content (AvgIpc) is 2.91. The van der Waals surface area contributed by atoms with E-state index in [1.165, 1.54) is 62.5 Å². The van der Waals surface area contributed by atoms with Gasteiger partial charge in [0.2, 0.25) is 5.56 Å². The number of allylic oxidation sites excluding steroid dienone is 1. The van der Waals surface area contributed by atoms with Crippen LogP contribution in [0, 0.1) is 17.7 Å². The molecule has 6 heteroatoms. The highest BCUT2D eigenvalue weighted by atomic mass is 19.1. The van der Waals surface area contributed by atoms with E-state index in [-0.39, 0.29) is 16.9 Å². The SMILES string of the molecule is CN(CCCCCCCCN(C)Cc1ccc(F)cc1)CC1=CC2Cc3[nH]c(=O)ccc3C3(C1)NCCCC23. The van der Waals surface area contributed by atoms with Crippen LogP contribution < -0.4 is 10.9 Å². The van der Waals surface area contributed by atoms with Crippen molar-refractivity contribution in [2.24, 2.45) is 11.8 Å². The van der Waals surface area contributed by atoms with Crippen LogP contribution in [0.1, 0.15) is 74.6 Å². The summed E-state index contributed by atoms with van der Waals surface area (Å²) in [6.45, 7) is 5.24. The van der Waals surface area contributed by atoms with Crippen molar-refractivity contribution in [3.8, 4) is 0 Å². The third-order valence-corrected chi connectivity index (χ3v) is 9.33. The first-order chi connectivity index (χ1) is 18.9. The van der Waals surface area contributed by atoms with Crippen LogP contribution in [0.4, 0.5) is 4.39 Å². The first-order valence-corrected chi connectivity index (χ1v) is 15.2. The van der Waals surface area contributed by atoms with Gasteiger partial charge in [-0.05, 0) is 113 Å². The van der Waals surface area contributed by atoms with E-state index in [1.807, 2.05) is 12.1 Å². The van der Waals surface area contributed by atoms with Crippen molar-refractivity contribution in [3.05, 3.63) is 81.0 Å². The lowest BCUT2D eigenvalue weighted by atomic mass is 9.57. The molecule has 0 radical (unpaired) electrons. The van der Waals surface area contributed by atoms with E-state index in [0.717, 1.165) is 51.3 Å². The summed E-state index contributed by atoms with van der Waals surface area (Å²) in [6, 6.07) is 10.7. The van der Waals surface area contributed by atoms with E-state index < -0.39 is 0 Å². The lowest BCUT2D eigenvalue weighted by Crippen LogP contribution is -2.59. The van der Waals surface area contributed by atoms with Crippen molar-refractivity contribution >= 4 is 0 Å². The van der Waals surface area contributed by atoms with Crippen molar-refractivity contribution in [3.63, 3.8) is 0 Å². The Bertz CT molecular complexity index is 1170. The summed E-state index contributed by atoms with van der Waals surface area (Å²) >= 11 is 0. The maximum atomic E-state index is 13.1. The zero-order valence-electron chi connectivity index (χ0n) is 24.0. The first kappa shape index (κ1) is 28.3. The number of H-pyrrole nitrogens is 1. The average molecular weight is 535 g/mol. The van der Waals surface area contributed by atoms with Gasteiger partial charge in [0.25, 0.3) is 0 Å². The molecule has 5 nitrogen and oxygen atoms in total. The summed E-state index contributed by atoms with van der Waals surface area (Å²) in [6.07, 6.45) is 14.8. The molecule has 3 aliphatic rings. The third-order valence-electron chi connectivity index (χ3n) is 9.33. The molecule has 0 saturated carbocycles. The summed E-state index contributed by atoms with van der Waals surface area (Å²) in [7, 11) is 4.43. The minimum atomic E-state index is -0.165. The summed E-state index contributed by atoms with van der Waals surface area (Å²) in [5.74, 6) is 0.998. The molecule has 3 atom stereocenters. The van der Waals surface area contributed by atoms with Crippen LogP contribution in [0.15, 0.2) is 52.8 Å². The van der Waals surface area contributed by atoms with E-state index in [0.29, 0.717) is 11.8 Å². The fourth-order valence-electron chi connectivity index (χ4n) is 7.53. The Morgan fingerprint density at radius 1 is 0.923 bits per heavy atom. The molecule has 0 amide bonds. The fraction of sp³-hybridized carbons (Fsp3) is 0.606. The van der Waals surface area contributed by atoms with Crippen LogP contribution in [-0.2, 0) is 18.5 Å². The number of piperidine rings is 1. The molecule has 2 bridgehead atoms. The Morgan fingerprint density at radius 3 is 2.36 bits per heavy atom. The lowest BCUT2D eigenvalue weighted by molar-refractivity contribution is 0.0853. The van der Waals surface area contributed by atoms with Gasteiger partial charge in [-0.1, -0.05) is 49.5 Å². The number of benzene rings is 1. The number of nitrogens with zero attached hydrogens (tertiary/aromatic N) is 2. The molecule has 1 aromatic carbocycles. The summed E-state index contributed by atoms with van der Waals surface area (Å²) in [5.41, 5.74) is 5.26. The molecule has 3 unspecified atom stereocenters. The van der Waals surface area contributed by atoms with Crippen LogP contribution in [0.25, 0.3) is 0 Å². The smallest absolute Gasteiger partial charge is 0.248 e. The number of rotatable bonds is 13. The van der Waals surface area contributed by atoms with E-state index >= 15 is 0 Å². The van der Waals surface area contributed by atoms with Gasteiger partial charge >= 0.3 is 0 Å². The molecule has 39 heavy (non-hydrogen) atoms. The zero-order valence-corrected chi connectivity index (χ0v) is 24.0. The largest absolute Gasteiger partial charge is 0.326 e. The molecule has 2 heterocycles. The number of nitrogens with one attached hydrogen (secondary N) is 2. The highest BCUT2D eigenvalue weighted by Gasteiger charge is 2.51. The fourth-order valence-corrected chi connectivity index (χ4v) is 7.53. The van der Waals surface area contributed by atoms with Crippen LogP contribution in [0.3, 0.4) is 0 Å². The molecular weight excluding hydrogens is 487 g/mol. The zero-order chi connectivity index (χ0) is 27.2. The number of fused-ring (bicyclic) bond motifs is 1. The minimum absolute atomic E-state index is 0.00128. The molecule has 0 spiro atoms. The molecule has 2 N–H and O–H groups in total. The molecule has 1 fully saturated rings. The van der Waals surface area contributed by atoms with Gasteiger partial charge in [0, 0.05) is 24.8 Å². The monoisotopic (exact) mass is 534 g/mol. The van der Waals surface area contributed by atoms with Gasteiger partial charge in [-0.15, -0.1) is 0 Å². The van der Waals surface area contributed by atoms with Gasteiger partial charge in [0.15, 0.2) is 0 Å². The molecular formula is C33H47FN4O. The number of hydrogen-bond donors (Lipinski definition) is 2. The second kappa shape index (κ2) is 12.9. The molecule has 212 valence electrons. The van der Waals surface area contributed by atoms with E-state index in [1.54, 1.807) is 23.8 Å². The van der Waals surface area contributed by atoms with E-state index in [9.17, 15) is 9.18 Å². The number of aromatic nitrogens is 1. The predicted octanol–water partition coefficient (Wildman–Crippen LogP) is 5.62. The first-order valence-electron chi connectivity index (χ1n) is 15.2. The van der Waals surface area contributed by atoms with Crippen LogP contribution in [0.2, 0.25) is 0 Å². The third kappa shape index (κ3) is 6.90. The highest BCUT2D eigenvalue weighted by Crippen LogP contribution is 2.52. The molecule has 2 aliphatic carbocycles. The van der Waals surface area contributed by atoms with Gasteiger partial charge in [0.1, 0.15) is 5.82 Å². The van der Waals surface area contributed by atoms with Gasteiger partial charge in [-0.25, -0.2) is 4.39 Å². The van der Waals surface area contributed by atoms with Crippen molar-refractivity contribution < 1.29 is 4.39 Å². The van der Waals surface area contributed by atoms with E-state index in [2.05, 4.69) is 46.3 Å². The van der Waals surface area contributed by atoms with Crippen molar-refractivity contribution in [1.29, 1.82) is 0 Å². The molecule has 5 rings (SSSR count). The minimum Gasteiger partial charge on any atom is -0.326 e. The number of pyridine rings is 1. The van der Waals surface area contributed by atoms with E-state index in [4.69, 9.17) is 0 Å². The van der Waals surface area contributed by atoms with Gasteiger partial charge in [0.05, 0.1) is 5.54 Å². The Hall–Kier alpha value is -2.28. The summed E-state index contributed by atoms with van der Waals surface area (Å²) < 4.78 is 13.1. The van der Waals surface area contributed by atoms with Gasteiger partial charge in [-0.3, -0.25) is 4.79 Å². The van der Waals surface area contributed by atoms with Crippen LogP contribution in [-0.4, -0.2) is 55.1 Å². The normalized spacial score (nSPS) is 24.0. The summed E-state index contributed by atoms with van der Waals surface area (Å²) in [4.78, 5) is 20.0. The van der Waals surface area contributed by atoms with Gasteiger partial charge in [-0.2, -0.15) is 0 Å². The van der Waals surface area contributed by atoms with Crippen molar-refractivity contribution in [2.75, 3.05) is 40.3 Å². The predicted molar refractivity (Wildman–Crippen MR) is 157 cm³/mol. The Balaban J connectivity index is 1.00. The maximum absolute atomic E-state index is 13.1. The number of halogens is 1. The number of aromatic amines is 1. The van der Waals surface area contributed by atoms with Crippen molar-refractivity contribution in [1.82, 2.24) is 20.1 Å². The molecule has 1 saturated heterocycles. The number of likely N-dealkylation sites (N-methyl/N-ethyl adjacent to an activating group) is 1. The number of hydrogen-bond acceptors (Lipinski definition) is 4. The molecule has 2 aromatic rings. The quantitative estimate of drug-likeness (QED) is 0.259. The Morgan fingerprint density at radius 2 is 1.62 bits per heavy atom. The van der Waals surface area contributed by atoms with Crippen LogP contribution in [0.5, 0.6) is 0 Å². The summed E-state index contributed by atoms with van der Waals surface area (Å²) in [5, 5.41) is 3.94. The lowest BCUT2D eigenvalue weighted by Gasteiger charge is -2.55. The highest BCUT2D eigenvalue weighted by molar-refractivity contribution is 5.40. The standard InChI is InChI=1S/C33H47FN4O/c1-37(23-25-11-13-28(34)14-12-25)18-7-5-3-4-6-8-19-38(2)24-26-20-27-21-31-30(15-16-32(39)36-31)33(22-26)29(27)10-9-17-35-33/h11-16,20,27,29,35H,3-10,17-19,21-24H2,1-2H3,(H,36,39). The Labute approximate surface area is 233 Å². The second-order valence-electron chi connectivity index (χ2n) is 12.5. The molecule has 1 aliphatic heterocycles. The van der Waals surface area contributed by atoms with Crippen LogP contribution >= 0.6 is 0 Å². The van der Waals surface area contributed by atoms with Gasteiger partial charge < -0.3 is 20.1 Å².